The molecule has 0 atom stereocenters. The van der Waals surface area contributed by atoms with Crippen molar-refractivity contribution in [1.29, 1.82) is 0 Å². The number of halogens is 4. The SMILES string of the molecule is CC(C)(F)CN1CC2(CCN(c3ncnc4sc(CC(F)(F)F)cc34)CC2)C1. The van der Waals surface area contributed by atoms with Gasteiger partial charge in [0.2, 0.25) is 0 Å². The van der Waals surface area contributed by atoms with Crippen molar-refractivity contribution in [3.63, 3.8) is 0 Å². The molecule has 4 nitrogen and oxygen atoms in total. The smallest absolute Gasteiger partial charge is 0.356 e. The lowest BCUT2D eigenvalue weighted by molar-refractivity contribution is -0.126. The third kappa shape index (κ3) is 4.25. The van der Waals surface area contributed by atoms with Crippen LogP contribution in [0.2, 0.25) is 0 Å². The van der Waals surface area contributed by atoms with Gasteiger partial charge in [0.05, 0.1) is 11.8 Å². The van der Waals surface area contributed by atoms with Gasteiger partial charge in [0.15, 0.2) is 0 Å². The lowest BCUT2D eigenvalue weighted by Crippen LogP contribution is -2.62. The second-order valence-corrected chi connectivity index (χ2v) is 9.89. The van der Waals surface area contributed by atoms with Crippen molar-refractivity contribution in [3.05, 3.63) is 17.3 Å². The lowest BCUT2D eigenvalue weighted by atomic mass is 9.71. The molecule has 28 heavy (non-hydrogen) atoms. The van der Waals surface area contributed by atoms with E-state index in [4.69, 9.17) is 0 Å². The van der Waals surface area contributed by atoms with Crippen molar-refractivity contribution in [2.45, 2.75) is 45.0 Å². The lowest BCUT2D eigenvalue weighted by Gasteiger charge is -2.55. The Balaban J connectivity index is 1.43. The predicted molar refractivity (Wildman–Crippen MR) is 103 cm³/mol. The van der Waals surface area contributed by atoms with Crippen LogP contribution in [0.4, 0.5) is 23.4 Å². The van der Waals surface area contributed by atoms with Crippen molar-refractivity contribution < 1.29 is 17.6 Å². The summed E-state index contributed by atoms with van der Waals surface area (Å²) in [6, 6.07) is 1.58. The van der Waals surface area contributed by atoms with Gasteiger partial charge in [-0.25, -0.2) is 14.4 Å². The summed E-state index contributed by atoms with van der Waals surface area (Å²) in [6.07, 6.45) is -1.75. The maximum Gasteiger partial charge on any atom is 0.393 e. The number of hydrogen-bond donors (Lipinski definition) is 0. The van der Waals surface area contributed by atoms with Gasteiger partial charge < -0.3 is 4.90 Å². The molecule has 2 fully saturated rings. The molecular weight excluding hydrogens is 392 g/mol. The highest BCUT2D eigenvalue weighted by atomic mass is 32.1. The van der Waals surface area contributed by atoms with Crippen molar-refractivity contribution >= 4 is 27.4 Å². The molecule has 0 bridgehead atoms. The van der Waals surface area contributed by atoms with Gasteiger partial charge >= 0.3 is 6.18 Å². The number of thiophene rings is 1. The highest BCUT2D eigenvalue weighted by molar-refractivity contribution is 7.18. The summed E-state index contributed by atoms with van der Waals surface area (Å²) in [4.78, 5) is 13.7. The van der Waals surface area contributed by atoms with Crippen LogP contribution >= 0.6 is 11.3 Å². The van der Waals surface area contributed by atoms with Crippen LogP contribution in [0.5, 0.6) is 0 Å². The van der Waals surface area contributed by atoms with Gasteiger partial charge in [-0.15, -0.1) is 11.3 Å². The Labute approximate surface area is 165 Å². The molecule has 2 aromatic rings. The van der Waals surface area contributed by atoms with Crippen LogP contribution in [0.25, 0.3) is 10.2 Å². The van der Waals surface area contributed by atoms with Crippen LogP contribution in [0, 0.1) is 5.41 Å². The zero-order valence-corrected chi connectivity index (χ0v) is 16.8. The van der Waals surface area contributed by atoms with Crippen LogP contribution < -0.4 is 4.90 Å². The molecule has 0 amide bonds. The number of aromatic nitrogens is 2. The number of piperidine rings is 1. The van der Waals surface area contributed by atoms with Gasteiger partial charge in [-0.2, -0.15) is 13.2 Å². The fraction of sp³-hybridized carbons (Fsp3) is 0.684. The molecule has 0 unspecified atom stereocenters. The average Bonchev–Trinajstić information content (AvgIpc) is 2.93. The van der Waals surface area contributed by atoms with Crippen molar-refractivity contribution in [2.75, 3.05) is 37.6 Å². The molecule has 0 radical (unpaired) electrons. The Morgan fingerprint density at radius 2 is 1.79 bits per heavy atom. The summed E-state index contributed by atoms with van der Waals surface area (Å²) in [7, 11) is 0. The first-order valence-corrected chi connectivity index (χ1v) is 10.3. The van der Waals surface area contributed by atoms with Gasteiger partial charge in [-0.1, -0.05) is 0 Å². The molecule has 0 aliphatic carbocycles. The molecule has 4 heterocycles. The van der Waals surface area contributed by atoms with E-state index in [1.54, 1.807) is 19.9 Å². The van der Waals surface area contributed by atoms with Crippen LogP contribution in [0.3, 0.4) is 0 Å². The number of alkyl halides is 4. The Kier molecular flexibility index (Phi) is 4.81. The fourth-order valence-electron chi connectivity index (χ4n) is 4.48. The molecular formula is C19H24F4N4S. The topological polar surface area (TPSA) is 32.3 Å². The maximum absolute atomic E-state index is 13.8. The first kappa shape index (κ1) is 19.8. The predicted octanol–water partition coefficient (Wildman–Crippen LogP) is 4.45. The summed E-state index contributed by atoms with van der Waals surface area (Å²) >= 11 is 1.08. The molecule has 2 aromatic heterocycles. The summed E-state index contributed by atoms with van der Waals surface area (Å²) in [6.45, 7) is 7.13. The van der Waals surface area contributed by atoms with Crippen molar-refractivity contribution in [3.8, 4) is 0 Å². The van der Waals surface area contributed by atoms with Gasteiger partial charge in [-0.05, 0) is 38.2 Å². The van der Waals surface area contributed by atoms with E-state index < -0.39 is 18.3 Å². The van der Waals surface area contributed by atoms with E-state index in [1.807, 2.05) is 0 Å². The maximum atomic E-state index is 13.8. The Morgan fingerprint density at radius 1 is 1.11 bits per heavy atom. The second kappa shape index (κ2) is 6.79. The number of anilines is 1. The van der Waals surface area contributed by atoms with Crippen molar-refractivity contribution in [1.82, 2.24) is 14.9 Å². The monoisotopic (exact) mass is 416 g/mol. The number of rotatable bonds is 4. The number of fused-ring (bicyclic) bond motifs is 1. The molecule has 2 aliphatic heterocycles. The number of hydrogen-bond acceptors (Lipinski definition) is 5. The largest absolute Gasteiger partial charge is 0.393 e. The quantitative estimate of drug-likeness (QED) is 0.690. The molecule has 9 heteroatoms. The van der Waals surface area contributed by atoms with Gasteiger partial charge in [0.25, 0.3) is 0 Å². The van der Waals surface area contributed by atoms with Crippen LogP contribution in [0.15, 0.2) is 12.4 Å². The molecule has 0 saturated carbocycles. The Morgan fingerprint density at radius 3 is 2.39 bits per heavy atom. The Hall–Kier alpha value is -1.48. The van der Waals surface area contributed by atoms with Crippen LogP contribution in [-0.2, 0) is 6.42 Å². The minimum Gasteiger partial charge on any atom is -0.356 e. The first-order valence-electron chi connectivity index (χ1n) is 9.48. The minimum absolute atomic E-state index is 0.240. The van der Waals surface area contributed by atoms with Gasteiger partial charge in [0.1, 0.15) is 22.6 Å². The normalized spacial score (nSPS) is 20.7. The fourth-order valence-corrected chi connectivity index (χ4v) is 5.51. The standard InChI is InChI=1S/C19H24F4N4S/c1-17(2,20)9-26-10-18(11-26)3-5-27(6-4-18)15-14-7-13(8-19(21,22)23)28-16(14)25-12-24-15/h7,12H,3-6,8-11H2,1-2H3. The van der Waals surface area contributed by atoms with E-state index in [0.29, 0.717) is 16.8 Å². The molecule has 0 N–H and O–H groups in total. The summed E-state index contributed by atoms with van der Waals surface area (Å²) in [5.74, 6) is 0.727. The zero-order valence-electron chi connectivity index (χ0n) is 16.0. The molecule has 1 spiro atoms. The molecule has 0 aromatic carbocycles. The van der Waals surface area contributed by atoms with Crippen molar-refractivity contribution in [2.24, 2.45) is 5.41 Å². The van der Waals surface area contributed by atoms with Crippen LogP contribution in [-0.4, -0.2) is 59.4 Å². The van der Waals surface area contributed by atoms with Crippen LogP contribution in [0.1, 0.15) is 31.6 Å². The molecule has 2 saturated heterocycles. The van der Waals surface area contributed by atoms with E-state index in [0.717, 1.165) is 56.2 Å². The minimum atomic E-state index is -4.23. The Bertz CT molecular complexity index is 842. The number of nitrogens with zero attached hydrogens (tertiary/aromatic N) is 4. The highest BCUT2D eigenvalue weighted by Crippen LogP contribution is 2.43. The molecule has 4 rings (SSSR count). The second-order valence-electron chi connectivity index (χ2n) is 8.77. The average molecular weight is 416 g/mol. The van der Waals surface area contributed by atoms with E-state index >= 15 is 0 Å². The highest BCUT2D eigenvalue weighted by Gasteiger charge is 2.46. The van der Waals surface area contributed by atoms with E-state index in [1.165, 1.54) is 6.33 Å². The molecule has 2 aliphatic rings. The third-order valence-corrected chi connectivity index (χ3v) is 6.62. The summed E-state index contributed by atoms with van der Waals surface area (Å²) in [5, 5.41) is 0.706. The third-order valence-electron chi connectivity index (χ3n) is 5.58. The van der Waals surface area contributed by atoms with E-state index in [-0.39, 0.29) is 10.3 Å². The summed E-state index contributed by atoms with van der Waals surface area (Å²) in [5.41, 5.74) is -0.939. The van der Waals surface area contributed by atoms with Gasteiger partial charge in [0, 0.05) is 37.6 Å². The van der Waals surface area contributed by atoms with Gasteiger partial charge in [-0.3, -0.25) is 4.90 Å². The summed E-state index contributed by atoms with van der Waals surface area (Å²) < 4.78 is 52.0. The van der Waals surface area contributed by atoms with E-state index in [9.17, 15) is 17.6 Å². The number of likely N-dealkylation sites (tertiary alicyclic amines) is 1. The molecule has 154 valence electrons. The van der Waals surface area contributed by atoms with E-state index in [2.05, 4.69) is 19.8 Å². The zero-order chi connectivity index (χ0) is 20.2. The first-order chi connectivity index (χ1) is 13.0.